The molecule has 1 atom stereocenters. The molecular formula is C16H25F7O2. The molecule has 0 aliphatic heterocycles. The molecule has 0 heterocycles. The molecule has 0 N–H and O–H groups in total. The Labute approximate surface area is 143 Å². The first-order valence-electron chi connectivity index (χ1n) is 8.41. The zero-order valence-corrected chi connectivity index (χ0v) is 14.4. The van der Waals surface area contributed by atoms with Crippen molar-refractivity contribution in [2.24, 2.45) is 0 Å². The maximum atomic E-state index is 13.1. The second-order valence-corrected chi connectivity index (χ2v) is 6.13. The van der Waals surface area contributed by atoms with E-state index in [0.717, 1.165) is 44.9 Å². The van der Waals surface area contributed by atoms with E-state index in [2.05, 4.69) is 11.7 Å². The number of esters is 1. The van der Waals surface area contributed by atoms with Gasteiger partial charge in [0.1, 0.15) is 0 Å². The Hall–Kier alpha value is -1.02. The minimum Gasteiger partial charge on any atom is -0.458 e. The molecule has 0 radical (unpaired) electrons. The number of hydrogen-bond donors (Lipinski definition) is 0. The van der Waals surface area contributed by atoms with Crippen molar-refractivity contribution in [3.05, 3.63) is 0 Å². The van der Waals surface area contributed by atoms with E-state index in [4.69, 9.17) is 0 Å². The van der Waals surface area contributed by atoms with E-state index in [1.165, 1.54) is 6.92 Å². The van der Waals surface area contributed by atoms with E-state index in [1.807, 2.05) is 0 Å². The molecule has 0 aromatic heterocycles. The summed E-state index contributed by atoms with van der Waals surface area (Å²) in [6.45, 7) is 3.28. The zero-order valence-electron chi connectivity index (χ0n) is 14.4. The number of alkyl halides is 7. The van der Waals surface area contributed by atoms with E-state index in [1.54, 1.807) is 0 Å². The van der Waals surface area contributed by atoms with Crippen LogP contribution in [0, 0.1) is 0 Å². The fourth-order valence-corrected chi connectivity index (χ4v) is 2.19. The lowest BCUT2D eigenvalue weighted by atomic mass is 10.1. The van der Waals surface area contributed by atoms with Crippen LogP contribution in [0.1, 0.15) is 71.6 Å². The highest BCUT2D eigenvalue weighted by Gasteiger charge is 2.77. The van der Waals surface area contributed by atoms with Crippen LogP contribution in [0.5, 0.6) is 0 Å². The van der Waals surface area contributed by atoms with Gasteiger partial charge >= 0.3 is 24.0 Å². The molecule has 0 aromatic rings. The van der Waals surface area contributed by atoms with Crippen molar-refractivity contribution in [3.8, 4) is 0 Å². The van der Waals surface area contributed by atoms with Gasteiger partial charge in [-0.2, -0.15) is 30.7 Å². The molecule has 0 aromatic carbocycles. The number of carbonyl (C=O) groups excluding carboxylic acids is 1. The van der Waals surface area contributed by atoms with Crippen LogP contribution in [-0.2, 0) is 9.53 Å². The number of hydrogen-bond acceptors (Lipinski definition) is 2. The summed E-state index contributed by atoms with van der Waals surface area (Å²) in [7, 11) is 0. The topological polar surface area (TPSA) is 26.3 Å². The summed E-state index contributed by atoms with van der Waals surface area (Å²) < 4.78 is 91.7. The molecule has 0 spiro atoms. The molecule has 1 unspecified atom stereocenters. The van der Waals surface area contributed by atoms with Gasteiger partial charge in [0.25, 0.3) is 0 Å². The lowest BCUT2D eigenvalue weighted by Crippen LogP contribution is -2.57. The van der Waals surface area contributed by atoms with Crippen molar-refractivity contribution in [2.45, 2.75) is 95.8 Å². The number of ether oxygens (including phenoxy) is 1. The van der Waals surface area contributed by atoms with Crippen molar-refractivity contribution in [2.75, 3.05) is 0 Å². The second kappa shape index (κ2) is 10.2. The van der Waals surface area contributed by atoms with Gasteiger partial charge in [-0.1, -0.05) is 51.9 Å². The SMILES string of the molecule is CCCCCCCCCCC(C)OC(=O)C(F)(F)C(F)(F)C(F)(F)F. The summed E-state index contributed by atoms with van der Waals surface area (Å²) in [5, 5.41) is 0. The Morgan fingerprint density at radius 2 is 1.28 bits per heavy atom. The van der Waals surface area contributed by atoms with Crippen LogP contribution in [0.2, 0.25) is 0 Å². The average Bonchev–Trinajstić information content (AvgIpc) is 2.48. The van der Waals surface area contributed by atoms with Crippen molar-refractivity contribution in [1.29, 1.82) is 0 Å². The Kier molecular flexibility index (Phi) is 9.79. The Bertz CT molecular complexity index is 394. The normalized spacial score (nSPS) is 14.4. The molecule has 25 heavy (non-hydrogen) atoms. The van der Waals surface area contributed by atoms with Gasteiger partial charge in [0.2, 0.25) is 0 Å². The minimum atomic E-state index is -6.55. The van der Waals surface area contributed by atoms with Gasteiger partial charge in [0.15, 0.2) is 0 Å². The van der Waals surface area contributed by atoms with Gasteiger partial charge < -0.3 is 4.74 Å². The van der Waals surface area contributed by atoms with Gasteiger partial charge in [-0.3, -0.25) is 0 Å². The third kappa shape index (κ3) is 7.40. The zero-order chi connectivity index (χ0) is 19.7. The Morgan fingerprint density at radius 3 is 1.72 bits per heavy atom. The summed E-state index contributed by atoms with van der Waals surface area (Å²) in [5.74, 6) is -15.3. The Balaban J connectivity index is 4.21. The molecule has 2 nitrogen and oxygen atoms in total. The molecular weight excluding hydrogens is 357 g/mol. The van der Waals surface area contributed by atoms with E-state index < -0.39 is 30.1 Å². The van der Waals surface area contributed by atoms with Gasteiger partial charge in [0.05, 0.1) is 6.10 Å². The molecule has 0 bridgehead atoms. The van der Waals surface area contributed by atoms with Crippen molar-refractivity contribution in [3.63, 3.8) is 0 Å². The fraction of sp³-hybridized carbons (Fsp3) is 0.938. The summed E-state index contributed by atoms with van der Waals surface area (Å²) in [4.78, 5) is 11.1. The third-order valence-electron chi connectivity index (χ3n) is 3.78. The monoisotopic (exact) mass is 382 g/mol. The van der Waals surface area contributed by atoms with Gasteiger partial charge in [-0.25, -0.2) is 4.79 Å². The Morgan fingerprint density at radius 1 is 0.840 bits per heavy atom. The minimum absolute atomic E-state index is 0.119. The van der Waals surface area contributed by atoms with Gasteiger partial charge in [0, 0.05) is 0 Å². The van der Waals surface area contributed by atoms with E-state index in [9.17, 15) is 35.5 Å². The standard InChI is InChI=1S/C16H25F7O2/c1-3-4-5-6-7-8-9-10-11-12(2)25-13(24)14(17,18)15(19,20)16(21,22)23/h12H,3-11H2,1-2H3. The largest absolute Gasteiger partial charge is 0.460 e. The number of rotatable bonds is 12. The number of unbranched alkanes of at least 4 members (excludes halogenated alkanes) is 7. The van der Waals surface area contributed by atoms with Crippen molar-refractivity contribution >= 4 is 5.97 Å². The predicted molar refractivity (Wildman–Crippen MR) is 78.7 cm³/mol. The molecule has 0 aliphatic carbocycles. The number of halogens is 7. The van der Waals surface area contributed by atoms with Crippen molar-refractivity contribution in [1.82, 2.24) is 0 Å². The molecule has 9 heteroatoms. The van der Waals surface area contributed by atoms with E-state index in [0.29, 0.717) is 6.42 Å². The maximum absolute atomic E-state index is 13.1. The summed E-state index contributed by atoms with van der Waals surface area (Å²) in [6.07, 6.45) is 0.0470. The van der Waals surface area contributed by atoms with Crippen LogP contribution in [-0.4, -0.2) is 30.1 Å². The second-order valence-electron chi connectivity index (χ2n) is 6.13. The van der Waals surface area contributed by atoms with E-state index >= 15 is 0 Å². The summed E-state index contributed by atoms with van der Waals surface area (Å²) in [6, 6.07) is 0. The first-order valence-corrected chi connectivity index (χ1v) is 8.41. The van der Waals surface area contributed by atoms with Gasteiger partial charge in [-0.05, 0) is 19.8 Å². The molecule has 0 aliphatic rings. The molecule has 0 fully saturated rings. The molecule has 0 amide bonds. The predicted octanol–water partition coefficient (Wildman–Crippen LogP) is 6.28. The quantitative estimate of drug-likeness (QED) is 0.225. The van der Waals surface area contributed by atoms with Crippen LogP contribution in [0.3, 0.4) is 0 Å². The first-order chi connectivity index (χ1) is 11.4. The van der Waals surface area contributed by atoms with Crippen LogP contribution >= 0.6 is 0 Å². The molecule has 0 saturated heterocycles. The highest BCUT2D eigenvalue weighted by Crippen LogP contribution is 2.47. The first kappa shape index (κ1) is 24.0. The highest BCUT2D eigenvalue weighted by atomic mass is 19.4. The van der Waals surface area contributed by atoms with Crippen LogP contribution in [0.15, 0.2) is 0 Å². The van der Waals surface area contributed by atoms with E-state index in [-0.39, 0.29) is 6.42 Å². The average molecular weight is 382 g/mol. The smallest absolute Gasteiger partial charge is 0.458 e. The molecule has 150 valence electrons. The summed E-state index contributed by atoms with van der Waals surface area (Å²) in [5.41, 5.74) is 0. The highest BCUT2D eigenvalue weighted by molar-refractivity contribution is 5.79. The maximum Gasteiger partial charge on any atom is 0.460 e. The fourth-order valence-electron chi connectivity index (χ4n) is 2.19. The lowest BCUT2D eigenvalue weighted by molar-refractivity contribution is -0.349. The van der Waals surface area contributed by atoms with Gasteiger partial charge in [-0.15, -0.1) is 0 Å². The molecule has 0 saturated carbocycles. The molecule has 0 rings (SSSR count). The van der Waals surface area contributed by atoms with Crippen LogP contribution < -0.4 is 0 Å². The van der Waals surface area contributed by atoms with Crippen LogP contribution in [0.4, 0.5) is 30.7 Å². The number of carbonyl (C=O) groups is 1. The summed E-state index contributed by atoms with van der Waals surface area (Å²) >= 11 is 0. The van der Waals surface area contributed by atoms with Crippen molar-refractivity contribution < 1.29 is 40.3 Å². The third-order valence-corrected chi connectivity index (χ3v) is 3.78. The lowest BCUT2D eigenvalue weighted by Gasteiger charge is -2.27. The van der Waals surface area contributed by atoms with Crippen LogP contribution in [0.25, 0.3) is 0 Å².